The van der Waals surface area contributed by atoms with Gasteiger partial charge in [0.15, 0.2) is 11.5 Å². The highest BCUT2D eigenvalue weighted by molar-refractivity contribution is 6.42. The second-order valence-corrected chi connectivity index (χ2v) is 10.1. The molecule has 2 aliphatic rings. The molecule has 0 unspecified atom stereocenters. The van der Waals surface area contributed by atoms with E-state index in [2.05, 4.69) is 20.0 Å². The number of piperazine rings is 1. The van der Waals surface area contributed by atoms with E-state index in [0.717, 1.165) is 61.3 Å². The molecule has 3 heterocycles. The largest absolute Gasteiger partial charge is 0.466 e. The molecule has 0 spiro atoms. The summed E-state index contributed by atoms with van der Waals surface area (Å²) in [6.45, 7) is 6.13. The van der Waals surface area contributed by atoms with E-state index in [1.807, 2.05) is 42.5 Å². The van der Waals surface area contributed by atoms with Crippen molar-refractivity contribution in [3.8, 4) is 0 Å². The molecule has 2 aromatic carbocycles. The molecule has 2 aliphatic heterocycles. The number of rotatable bonds is 5. The van der Waals surface area contributed by atoms with E-state index in [4.69, 9.17) is 27.9 Å². The lowest BCUT2D eigenvalue weighted by Gasteiger charge is -2.37. The molecule has 1 atom stereocenters. The van der Waals surface area contributed by atoms with Crippen LogP contribution >= 0.6 is 23.2 Å². The summed E-state index contributed by atoms with van der Waals surface area (Å²) in [5.41, 5.74) is 1.35. The molecule has 37 heavy (non-hydrogen) atoms. The first-order valence-corrected chi connectivity index (χ1v) is 13.4. The maximum absolute atomic E-state index is 13.5. The van der Waals surface area contributed by atoms with Gasteiger partial charge in [0, 0.05) is 55.7 Å². The first-order chi connectivity index (χ1) is 18.0. The molecule has 0 radical (unpaired) electrons. The van der Waals surface area contributed by atoms with Crippen LogP contribution in [0.25, 0.3) is 10.8 Å². The zero-order valence-corrected chi connectivity index (χ0v) is 22.2. The van der Waals surface area contributed by atoms with Crippen LogP contribution in [0.2, 0.25) is 10.0 Å². The van der Waals surface area contributed by atoms with E-state index >= 15 is 0 Å². The van der Waals surface area contributed by atoms with E-state index in [0.29, 0.717) is 35.4 Å². The lowest BCUT2D eigenvalue weighted by molar-refractivity contribution is -0.149. The Morgan fingerprint density at radius 3 is 2.41 bits per heavy atom. The molecule has 8 nitrogen and oxygen atoms in total. The minimum Gasteiger partial charge on any atom is -0.466 e. The Hall–Kier alpha value is -3.10. The van der Waals surface area contributed by atoms with Crippen LogP contribution < -0.4 is 9.80 Å². The quantitative estimate of drug-likeness (QED) is 0.434. The topological polar surface area (TPSA) is 78.9 Å². The second-order valence-electron chi connectivity index (χ2n) is 9.33. The summed E-state index contributed by atoms with van der Waals surface area (Å²) in [5.74, 6) is 0.0203. The molecule has 0 bridgehead atoms. The van der Waals surface area contributed by atoms with Crippen LogP contribution in [-0.4, -0.2) is 72.8 Å². The van der Waals surface area contributed by atoms with Crippen molar-refractivity contribution in [3.63, 3.8) is 0 Å². The number of piperidine rings is 1. The number of hydrogen-bond acceptors (Lipinski definition) is 7. The molecule has 1 amide bonds. The number of carbonyl (C=O) groups excluding carboxylic acids is 2. The molecular formula is C27H29Cl2N5O3. The molecule has 194 valence electrons. The highest BCUT2D eigenvalue weighted by Crippen LogP contribution is 2.31. The van der Waals surface area contributed by atoms with E-state index in [1.54, 1.807) is 11.8 Å². The number of benzene rings is 2. The lowest BCUT2D eigenvalue weighted by Crippen LogP contribution is -2.47. The summed E-state index contributed by atoms with van der Waals surface area (Å²) in [6.07, 6.45) is 1.48. The SMILES string of the molecule is CCOC(=O)[C@@H]1CCCN(C(=O)c2nnc(N3CCN(c4ccc(Cl)c(Cl)c4)CC3)c3ccccc23)C1. The van der Waals surface area contributed by atoms with Crippen molar-refractivity contribution in [2.45, 2.75) is 19.8 Å². The molecule has 5 rings (SSSR count). The van der Waals surface area contributed by atoms with Gasteiger partial charge in [0.25, 0.3) is 5.91 Å². The van der Waals surface area contributed by atoms with Gasteiger partial charge >= 0.3 is 5.97 Å². The van der Waals surface area contributed by atoms with Crippen LogP contribution in [0.4, 0.5) is 11.5 Å². The summed E-state index contributed by atoms with van der Waals surface area (Å²) in [6, 6.07) is 13.4. The Labute approximate surface area is 226 Å². The predicted octanol–water partition coefficient (Wildman–Crippen LogP) is 4.68. The summed E-state index contributed by atoms with van der Waals surface area (Å²) in [5, 5.41) is 11.7. The van der Waals surface area contributed by atoms with Crippen LogP contribution in [0.1, 0.15) is 30.3 Å². The van der Waals surface area contributed by atoms with Crippen LogP contribution in [0.15, 0.2) is 42.5 Å². The summed E-state index contributed by atoms with van der Waals surface area (Å²) < 4.78 is 5.19. The number of nitrogens with zero attached hydrogens (tertiary/aromatic N) is 5. The minimum atomic E-state index is -0.303. The highest BCUT2D eigenvalue weighted by Gasteiger charge is 2.32. The molecule has 0 saturated carbocycles. The van der Waals surface area contributed by atoms with Crippen LogP contribution in [0.5, 0.6) is 0 Å². The maximum atomic E-state index is 13.5. The van der Waals surface area contributed by atoms with Crippen LogP contribution in [-0.2, 0) is 9.53 Å². The molecule has 1 aromatic heterocycles. The third-order valence-corrected chi connectivity index (χ3v) is 7.79. The summed E-state index contributed by atoms with van der Waals surface area (Å²) in [7, 11) is 0. The number of aromatic nitrogens is 2. The molecule has 0 aliphatic carbocycles. The Kier molecular flexibility index (Phi) is 7.67. The number of likely N-dealkylation sites (tertiary alicyclic amines) is 1. The zero-order chi connectivity index (χ0) is 25.9. The number of carbonyl (C=O) groups is 2. The Morgan fingerprint density at radius 2 is 1.68 bits per heavy atom. The van der Waals surface area contributed by atoms with Crippen molar-refractivity contribution in [1.82, 2.24) is 15.1 Å². The van der Waals surface area contributed by atoms with E-state index < -0.39 is 0 Å². The molecule has 0 N–H and O–H groups in total. The van der Waals surface area contributed by atoms with Gasteiger partial charge in [0.2, 0.25) is 0 Å². The fourth-order valence-corrected chi connectivity index (χ4v) is 5.40. The summed E-state index contributed by atoms with van der Waals surface area (Å²) >= 11 is 12.3. The third kappa shape index (κ3) is 5.31. The van der Waals surface area contributed by atoms with Crippen LogP contribution in [0.3, 0.4) is 0 Å². The van der Waals surface area contributed by atoms with E-state index in [-0.39, 0.29) is 17.8 Å². The average Bonchev–Trinajstić information content (AvgIpc) is 2.94. The van der Waals surface area contributed by atoms with Gasteiger partial charge in [0.1, 0.15) is 0 Å². The predicted molar refractivity (Wildman–Crippen MR) is 146 cm³/mol. The van der Waals surface area contributed by atoms with E-state index in [9.17, 15) is 9.59 Å². The van der Waals surface area contributed by atoms with Gasteiger partial charge in [-0.2, -0.15) is 0 Å². The Morgan fingerprint density at radius 1 is 0.946 bits per heavy atom. The molecule has 10 heteroatoms. The molecule has 2 saturated heterocycles. The lowest BCUT2D eigenvalue weighted by atomic mass is 9.97. The van der Waals surface area contributed by atoms with Gasteiger partial charge in [-0.1, -0.05) is 47.5 Å². The Balaban J connectivity index is 1.35. The monoisotopic (exact) mass is 541 g/mol. The number of hydrogen-bond donors (Lipinski definition) is 0. The Bertz CT molecular complexity index is 1310. The third-order valence-electron chi connectivity index (χ3n) is 7.05. The fourth-order valence-electron chi connectivity index (χ4n) is 5.10. The molecule has 2 fully saturated rings. The van der Waals surface area contributed by atoms with Gasteiger partial charge in [-0.15, -0.1) is 10.2 Å². The van der Waals surface area contributed by atoms with E-state index in [1.165, 1.54) is 0 Å². The van der Waals surface area contributed by atoms with Crippen molar-refractivity contribution >= 4 is 57.4 Å². The van der Waals surface area contributed by atoms with Crippen molar-refractivity contribution in [2.75, 3.05) is 55.7 Å². The van der Waals surface area contributed by atoms with Gasteiger partial charge in [-0.3, -0.25) is 9.59 Å². The van der Waals surface area contributed by atoms with Gasteiger partial charge in [-0.25, -0.2) is 0 Å². The average molecular weight is 542 g/mol. The van der Waals surface area contributed by atoms with Gasteiger partial charge in [-0.05, 0) is 38.0 Å². The fraction of sp³-hybridized carbons (Fsp3) is 0.407. The number of esters is 1. The first kappa shape index (κ1) is 25.5. The number of anilines is 2. The number of ether oxygens (including phenoxy) is 1. The van der Waals surface area contributed by atoms with Crippen LogP contribution in [0, 0.1) is 5.92 Å². The minimum absolute atomic E-state index is 0.200. The smallest absolute Gasteiger partial charge is 0.310 e. The van der Waals surface area contributed by atoms with Crippen molar-refractivity contribution in [3.05, 3.63) is 58.2 Å². The second kappa shape index (κ2) is 11.1. The van der Waals surface area contributed by atoms with Gasteiger partial charge < -0.3 is 19.4 Å². The van der Waals surface area contributed by atoms with Crippen molar-refractivity contribution in [2.24, 2.45) is 5.92 Å². The zero-order valence-electron chi connectivity index (χ0n) is 20.7. The maximum Gasteiger partial charge on any atom is 0.310 e. The highest BCUT2D eigenvalue weighted by atomic mass is 35.5. The standard InChI is InChI=1S/C27H29Cl2N5O3/c1-2-37-27(36)18-6-5-11-34(17-18)26(35)24-20-7-3-4-8-21(20)25(31-30-24)33-14-12-32(13-15-33)19-9-10-22(28)23(29)16-19/h3-4,7-10,16,18H,2,5-6,11-15,17H2,1H3/t18-/m1/s1. The van der Waals surface area contributed by atoms with Crippen molar-refractivity contribution < 1.29 is 14.3 Å². The van der Waals surface area contributed by atoms with Crippen molar-refractivity contribution in [1.29, 1.82) is 0 Å². The molecular weight excluding hydrogens is 513 g/mol. The summed E-state index contributed by atoms with van der Waals surface area (Å²) in [4.78, 5) is 32.0. The number of amides is 1. The first-order valence-electron chi connectivity index (χ1n) is 12.6. The normalized spacial score (nSPS) is 18.2. The molecule has 3 aromatic rings. The number of fused-ring (bicyclic) bond motifs is 1. The number of halogens is 2. The van der Waals surface area contributed by atoms with Gasteiger partial charge in [0.05, 0.1) is 22.6 Å².